The number of nitrogens with zero attached hydrogens (tertiary/aromatic N) is 1. The van der Waals surface area contributed by atoms with E-state index in [-0.39, 0.29) is 36.0 Å². The van der Waals surface area contributed by atoms with Gasteiger partial charge >= 0.3 is 0 Å². The molecule has 1 aliphatic carbocycles. The van der Waals surface area contributed by atoms with Gasteiger partial charge in [-0.3, -0.25) is 4.99 Å². The fourth-order valence-corrected chi connectivity index (χ4v) is 2.76. The zero-order chi connectivity index (χ0) is 15.2. The Labute approximate surface area is 150 Å². The van der Waals surface area contributed by atoms with Gasteiger partial charge in [0.2, 0.25) is 0 Å². The van der Waals surface area contributed by atoms with E-state index in [9.17, 15) is 5.11 Å². The van der Waals surface area contributed by atoms with Crippen molar-refractivity contribution >= 4 is 35.6 Å². The number of hydrogen-bond acceptors (Lipinski definition) is 2. The number of hydrogen-bond donors (Lipinski definition) is 3. The van der Waals surface area contributed by atoms with E-state index in [1.807, 2.05) is 12.1 Å². The van der Waals surface area contributed by atoms with E-state index in [0.717, 1.165) is 31.4 Å². The van der Waals surface area contributed by atoms with Gasteiger partial charge in [0.05, 0.1) is 6.10 Å². The van der Waals surface area contributed by atoms with Crippen LogP contribution in [0.1, 0.15) is 51.0 Å². The number of benzene rings is 1. The van der Waals surface area contributed by atoms with Crippen molar-refractivity contribution in [2.24, 2.45) is 16.6 Å². The van der Waals surface area contributed by atoms with Gasteiger partial charge in [0.15, 0.2) is 5.96 Å². The SMILES string of the molecule is CCC(C)c1ccc(NC(N)=NCC2CCCC2O)cc1.I. The average molecular weight is 417 g/mol. The first-order valence-electron chi connectivity index (χ1n) is 7.95. The first-order valence-corrected chi connectivity index (χ1v) is 7.95. The summed E-state index contributed by atoms with van der Waals surface area (Å²) in [6.07, 6.45) is 3.95. The molecule has 0 spiro atoms. The van der Waals surface area contributed by atoms with Gasteiger partial charge in [0, 0.05) is 18.2 Å². The van der Waals surface area contributed by atoms with Crippen LogP contribution in [0.5, 0.6) is 0 Å². The smallest absolute Gasteiger partial charge is 0.193 e. The third kappa shape index (κ3) is 5.43. The number of aliphatic hydroxyl groups excluding tert-OH is 1. The molecule has 0 aliphatic heterocycles. The molecule has 1 aliphatic rings. The highest BCUT2D eigenvalue weighted by Gasteiger charge is 2.24. The zero-order valence-corrected chi connectivity index (χ0v) is 15.8. The van der Waals surface area contributed by atoms with Crippen molar-refractivity contribution in [3.05, 3.63) is 29.8 Å². The van der Waals surface area contributed by atoms with E-state index in [2.05, 4.69) is 36.3 Å². The summed E-state index contributed by atoms with van der Waals surface area (Å²) in [6, 6.07) is 8.33. The molecule has 0 radical (unpaired) electrons. The number of nitrogens with two attached hydrogens (primary N) is 1. The van der Waals surface area contributed by atoms with Crippen LogP contribution in [0.3, 0.4) is 0 Å². The number of anilines is 1. The molecular weight excluding hydrogens is 389 g/mol. The summed E-state index contributed by atoms with van der Waals surface area (Å²) in [4.78, 5) is 4.35. The highest BCUT2D eigenvalue weighted by molar-refractivity contribution is 14.0. The normalized spacial score (nSPS) is 23.0. The van der Waals surface area contributed by atoms with Crippen LogP contribution in [0.4, 0.5) is 5.69 Å². The average Bonchev–Trinajstić information content (AvgIpc) is 2.90. The minimum Gasteiger partial charge on any atom is -0.393 e. The van der Waals surface area contributed by atoms with E-state index in [0.29, 0.717) is 18.4 Å². The van der Waals surface area contributed by atoms with E-state index in [4.69, 9.17) is 5.73 Å². The molecule has 0 heterocycles. The molecule has 0 bridgehead atoms. The summed E-state index contributed by atoms with van der Waals surface area (Å²) >= 11 is 0. The maximum atomic E-state index is 9.77. The predicted octanol–water partition coefficient (Wildman–Crippen LogP) is 3.71. The van der Waals surface area contributed by atoms with Crippen LogP contribution in [0.25, 0.3) is 0 Å². The Morgan fingerprint density at radius 1 is 1.36 bits per heavy atom. The van der Waals surface area contributed by atoms with Crippen molar-refractivity contribution < 1.29 is 5.11 Å². The molecule has 124 valence electrons. The molecule has 0 aromatic heterocycles. The molecule has 22 heavy (non-hydrogen) atoms. The Hall–Kier alpha value is -0.820. The highest BCUT2D eigenvalue weighted by atomic mass is 127. The fraction of sp³-hybridized carbons (Fsp3) is 0.588. The lowest BCUT2D eigenvalue weighted by atomic mass is 9.99. The fourth-order valence-electron chi connectivity index (χ4n) is 2.76. The molecule has 3 atom stereocenters. The molecule has 4 N–H and O–H groups in total. The second-order valence-electron chi connectivity index (χ2n) is 6.04. The van der Waals surface area contributed by atoms with Crippen LogP contribution in [0, 0.1) is 5.92 Å². The molecule has 1 aromatic rings. The Morgan fingerprint density at radius 2 is 2.05 bits per heavy atom. The summed E-state index contributed by atoms with van der Waals surface area (Å²) in [5.74, 6) is 1.26. The molecule has 4 nitrogen and oxygen atoms in total. The third-order valence-electron chi connectivity index (χ3n) is 4.48. The maximum absolute atomic E-state index is 9.77. The lowest BCUT2D eigenvalue weighted by molar-refractivity contribution is 0.137. The van der Waals surface area contributed by atoms with Gasteiger partial charge in [-0.25, -0.2) is 0 Å². The topological polar surface area (TPSA) is 70.6 Å². The standard InChI is InChI=1S/C17H27N3O.HI/c1-3-12(2)13-7-9-15(10-8-13)20-17(18)19-11-14-5-4-6-16(14)21;/h7-10,12,14,16,21H,3-6,11H2,1-2H3,(H3,18,19,20);1H. The van der Waals surface area contributed by atoms with Crippen LogP contribution in [0.2, 0.25) is 0 Å². The molecular formula is C17H28IN3O. The molecule has 2 rings (SSSR count). The Balaban J connectivity index is 0.00000242. The van der Waals surface area contributed by atoms with Crippen LogP contribution in [0.15, 0.2) is 29.3 Å². The van der Waals surface area contributed by atoms with E-state index in [1.165, 1.54) is 5.56 Å². The van der Waals surface area contributed by atoms with Crippen molar-refractivity contribution in [3.8, 4) is 0 Å². The van der Waals surface area contributed by atoms with Crippen molar-refractivity contribution in [3.63, 3.8) is 0 Å². The minimum absolute atomic E-state index is 0. The Bertz CT molecular complexity index is 475. The number of aliphatic hydroxyl groups is 1. The third-order valence-corrected chi connectivity index (χ3v) is 4.48. The summed E-state index contributed by atoms with van der Waals surface area (Å²) in [6.45, 7) is 5.02. The Kier molecular flexibility index (Phi) is 8.17. The zero-order valence-electron chi connectivity index (χ0n) is 13.5. The number of aliphatic imine (C=N–C) groups is 1. The quantitative estimate of drug-likeness (QED) is 0.389. The van der Waals surface area contributed by atoms with Gasteiger partial charge < -0.3 is 16.2 Å². The summed E-state index contributed by atoms with van der Waals surface area (Å²) in [5.41, 5.74) is 8.20. The van der Waals surface area contributed by atoms with Gasteiger partial charge in [-0.15, -0.1) is 24.0 Å². The summed E-state index contributed by atoms with van der Waals surface area (Å²) in [5, 5.41) is 12.9. The number of rotatable bonds is 5. The maximum Gasteiger partial charge on any atom is 0.193 e. The van der Waals surface area contributed by atoms with Gasteiger partial charge in [0.25, 0.3) is 0 Å². The molecule has 5 heteroatoms. The van der Waals surface area contributed by atoms with Crippen LogP contribution < -0.4 is 11.1 Å². The van der Waals surface area contributed by atoms with E-state index >= 15 is 0 Å². The Morgan fingerprint density at radius 3 is 2.59 bits per heavy atom. The largest absolute Gasteiger partial charge is 0.393 e. The van der Waals surface area contributed by atoms with Crippen molar-refractivity contribution in [2.75, 3.05) is 11.9 Å². The molecule has 1 aromatic carbocycles. The van der Waals surface area contributed by atoms with Crippen molar-refractivity contribution in [1.29, 1.82) is 0 Å². The number of guanidine groups is 1. The van der Waals surface area contributed by atoms with E-state index < -0.39 is 0 Å². The molecule has 0 saturated heterocycles. The molecule has 3 unspecified atom stereocenters. The summed E-state index contributed by atoms with van der Waals surface area (Å²) < 4.78 is 0. The second kappa shape index (κ2) is 9.35. The number of nitrogens with one attached hydrogen (secondary N) is 1. The first-order chi connectivity index (χ1) is 10.1. The minimum atomic E-state index is -0.212. The van der Waals surface area contributed by atoms with Gasteiger partial charge in [-0.05, 0) is 42.9 Å². The summed E-state index contributed by atoms with van der Waals surface area (Å²) in [7, 11) is 0. The van der Waals surface area contributed by atoms with Gasteiger partial charge in [-0.2, -0.15) is 0 Å². The van der Waals surface area contributed by atoms with Gasteiger partial charge in [0.1, 0.15) is 0 Å². The van der Waals surface area contributed by atoms with Crippen LogP contribution in [-0.4, -0.2) is 23.7 Å². The molecule has 1 fully saturated rings. The first kappa shape index (κ1) is 19.2. The van der Waals surface area contributed by atoms with Crippen LogP contribution in [-0.2, 0) is 0 Å². The molecule has 0 amide bonds. The van der Waals surface area contributed by atoms with Crippen LogP contribution >= 0.6 is 24.0 Å². The highest BCUT2D eigenvalue weighted by Crippen LogP contribution is 2.25. The van der Waals surface area contributed by atoms with Crippen molar-refractivity contribution in [2.45, 2.75) is 51.6 Å². The van der Waals surface area contributed by atoms with E-state index in [1.54, 1.807) is 0 Å². The lowest BCUT2D eigenvalue weighted by Gasteiger charge is -2.13. The lowest BCUT2D eigenvalue weighted by Crippen LogP contribution is -2.25. The van der Waals surface area contributed by atoms with Crippen molar-refractivity contribution in [1.82, 2.24) is 0 Å². The monoisotopic (exact) mass is 417 g/mol. The molecule has 1 saturated carbocycles. The predicted molar refractivity (Wildman–Crippen MR) is 104 cm³/mol. The number of halogens is 1. The van der Waals surface area contributed by atoms with Gasteiger partial charge in [-0.1, -0.05) is 32.4 Å². The second-order valence-corrected chi connectivity index (χ2v) is 6.04.